The zero-order chi connectivity index (χ0) is 19.7. The molecule has 148 valence electrons. The van der Waals surface area contributed by atoms with Gasteiger partial charge in [0, 0.05) is 30.1 Å². The van der Waals surface area contributed by atoms with Crippen molar-refractivity contribution in [2.45, 2.75) is 24.7 Å². The summed E-state index contributed by atoms with van der Waals surface area (Å²) in [5.41, 5.74) is 1.51. The van der Waals surface area contributed by atoms with Crippen molar-refractivity contribution >= 4 is 23.3 Å². The lowest BCUT2D eigenvalue weighted by Gasteiger charge is -2.45. The van der Waals surface area contributed by atoms with Crippen LogP contribution in [0.3, 0.4) is 0 Å². The highest BCUT2D eigenvalue weighted by molar-refractivity contribution is 6.31. The molecule has 2 aromatic carbocycles. The fourth-order valence-electron chi connectivity index (χ4n) is 4.00. The highest BCUT2D eigenvalue weighted by Gasteiger charge is 2.45. The van der Waals surface area contributed by atoms with E-state index in [9.17, 15) is 9.18 Å². The maximum absolute atomic E-state index is 14.5. The zero-order valence-corrected chi connectivity index (χ0v) is 16.2. The second-order valence-corrected chi connectivity index (χ2v) is 7.36. The third-order valence-corrected chi connectivity index (χ3v) is 5.73. The fourth-order valence-corrected chi connectivity index (χ4v) is 4.26. The molecule has 2 fully saturated rings. The van der Waals surface area contributed by atoms with Crippen molar-refractivity contribution < 1.29 is 23.4 Å². The Morgan fingerprint density at radius 2 is 2.00 bits per heavy atom. The summed E-state index contributed by atoms with van der Waals surface area (Å²) in [6.45, 7) is 1.74. The van der Waals surface area contributed by atoms with Gasteiger partial charge in [-0.3, -0.25) is 0 Å². The molecule has 0 aromatic heterocycles. The number of hydrogen-bond acceptors (Lipinski definition) is 5. The number of ether oxygens (including phenoxy) is 3. The number of nitrogens with zero attached hydrogens (tertiary/aromatic N) is 1. The first-order valence-electron chi connectivity index (χ1n) is 9.20. The van der Waals surface area contributed by atoms with Crippen LogP contribution in [0.1, 0.15) is 34.8 Å². The van der Waals surface area contributed by atoms with E-state index in [0.717, 1.165) is 5.56 Å². The molecule has 7 heteroatoms. The van der Waals surface area contributed by atoms with Crippen LogP contribution in [0.5, 0.6) is 0 Å². The Morgan fingerprint density at radius 3 is 2.68 bits per heavy atom. The van der Waals surface area contributed by atoms with E-state index in [1.807, 2.05) is 24.3 Å². The van der Waals surface area contributed by atoms with E-state index in [1.54, 1.807) is 6.07 Å². The third-order valence-electron chi connectivity index (χ3n) is 5.38. The van der Waals surface area contributed by atoms with Crippen LogP contribution in [0.25, 0.3) is 0 Å². The van der Waals surface area contributed by atoms with Gasteiger partial charge in [-0.25, -0.2) is 9.18 Å². The van der Waals surface area contributed by atoms with Gasteiger partial charge in [0.15, 0.2) is 5.79 Å². The summed E-state index contributed by atoms with van der Waals surface area (Å²) in [6.07, 6.45) is 1.24. The highest BCUT2D eigenvalue weighted by atomic mass is 35.5. The number of esters is 1. The maximum Gasteiger partial charge on any atom is 0.340 e. The number of halogens is 2. The molecule has 1 spiro atoms. The molecule has 5 nitrogen and oxygen atoms in total. The lowest BCUT2D eigenvalue weighted by Crippen LogP contribution is -2.47. The Hall–Kier alpha value is -2.15. The van der Waals surface area contributed by atoms with E-state index in [-0.39, 0.29) is 11.6 Å². The van der Waals surface area contributed by atoms with Crippen molar-refractivity contribution in [3.05, 3.63) is 64.4 Å². The summed E-state index contributed by atoms with van der Waals surface area (Å²) in [6, 6.07) is 12.0. The van der Waals surface area contributed by atoms with Crippen LogP contribution in [0.4, 0.5) is 10.1 Å². The number of rotatable bonds is 3. The van der Waals surface area contributed by atoms with Gasteiger partial charge in [-0.15, -0.1) is 0 Å². The van der Waals surface area contributed by atoms with E-state index >= 15 is 0 Å². The quantitative estimate of drug-likeness (QED) is 0.710. The normalized spacial score (nSPS) is 21.1. The second-order valence-electron chi connectivity index (χ2n) is 6.95. The number of anilines is 1. The Balaban J connectivity index is 1.71. The van der Waals surface area contributed by atoms with Gasteiger partial charge in [-0.2, -0.15) is 0 Å². The summed E-state index contributed by atoms with van der Waals surface area (Å²) < 4.78 is 31.0. The molecular weight excluding hydrogens is 385 g/mol. The standard InChI is InChI=1S/C21H21ClFNO4/c1-26-20(25)16-7-6-14(12-18(16)23)24-9-8-21(27-10-11-28-21)13-19(24)15-4-2-3-5-17(15)22/h2-7,12,19H,8-11,13H2,1H3. The summed E-state index contributed by atoms with van der Waals surface area (Å²) in [5, 5.41) is 0.638. The van der Waals surface area contributed by atoms with Gasteiger partial charge in [0.2, 0.25) is 0 Å². The average Bonchev–Trinajstić information content (AvgIpc) is 3.15. The molecule has 2 saturated heterocycles. The topological polar surface area (TPSA) is 48.0 Å². The smallest absolute Gasteiger partial charge is 0.340 e. The molecule has 0 amide bonds. The van der Waals surface area contributed by atoms with Crippen LogP contribution in [-0.4, -0.2) is 38.6 Å². The fraction of sp³-hybridized carbons (Fsp3) is 0.381. The van der Waals surface area contributed by atoms with Crippen molar-refractivity contribution in [1.82, 2.24) is 0 Å². The molecule has 2 aliphatic rings. The number of hydrogen-bond donors (Lipinski definition) is 0. The summed E-state index contributed by atoms with van der Waals surface area (Å²) in [5.74, 6) is -1.95. The number of piperidine rings is 1. The lowest BCUT2D eigenvalue weighted by molar-refractivity contribution is -0.176. The molecule has 1 atom stereocenters. The SMILES string of the molecule is COC(=O)c1ccc(N2CCC3(CC2c2ccccc2Cl)OCCO3)cc1F. The molecule has 2 aromatic rings. The maximum atomic E-state index is 14.5. The first-order valence-corrected chi connectivity index (χ1v) is 9.58. The van der Waals surface area contributed by atoms with Crippen LogP contribution >= 0.6 is 11.6 Å². The second kappa shape index (κ2) is 7.70. The van der Waals surface area contributed by atoms with Gasteiger partial charge < -0.3 is 19.1 Å². The zero-order valence-electron chi connectivity index (χ0n) is 15.5. The Labute approximate surface area is 167 Å². The van der Waals surface area contributed by atoms with Gasteiger partial charge in [-0.1, -0.05) is 29.8 Å². The predicted molar refractivity (Wildman–Crippen MR) is 103 cm³/mol. The number of carbonyl (C=O) groups is 1. The minimum Gasteiger partial charge on any atom is -0.465 e. The Morgan fingerprint density at radius 1 is 1.25 bits per heavy atom. The van der Waals surface area contributed by atoms with Crippen molar-refractivity contribution in [3.8, 4) is 0 Å². The molecule has 1 unspecified atom stereocenters. The summed E-state index contributed by atoms with van der Waals surface area (Å²) in [4.78, 5) is 13.8. The van der Waals surface area contributed by atoms with E-state index < -0.39 is 17.6 Å². The van der Waals surface area contributed by atoms with Crippen LogP contribution in [-0.2, 0) is 14.2 Å². The van der Waals surface area contributed by atoms with Gasteiger partial charge in [0.25, 0.3) is 0 Å². The van der Waals surface area contributed by atoms with Gasteiger partial charge in [-0.05, 0) is 29.8 Å². The van der Waals surface area contributed by atoms with Crippen molar-refractivity contribution in [2.75, 3.05) is 31.8 Å². The van der Waals surface area contributed by atoms with E-state index in [4.69, 9.17) is 21.1 Å². The molecule has 28 heavy (non-hydrogen) atoms. The molecule has 0 aliphatic carbocycles. The van der Waals surface area contributed by atoms with Crippen LogP contribution in [0.15, 0.2) is 42.5 Å². The minimum absolute atomic E-state index is 0.0866. The average molecular weight is 406 g/mol. The molecule has 2 heterocycles. The van der Waals surface area contributed by atoms with E-state index in [0.29, 0.717) is 43.3 Å². The van der Waals surface area contributed by atoms with E-state index in [2.05, 4.69) is 9.64 Å². The highest BCUT2D eigenvalue weighted by Crippen LogP contribution is 2.45. The Kier molecular flexibility index (Phi) is 5.27. The summed E-state index contributed by atoms with van der Waals surface area (Å²) in [7, 11) is 1.23. The molecule has 0 radical (unpaired) electrons. The largest absolute Gasteiger partial charge is 0.465 e. The molecule has 4 rings (SSSR count). The monoisotopic (exact) mass is 405 g/mol. The van der Waals surface area contributed by atoms with E-state index in [1.165, 1.54) is 19.2 Å². The lowest BCUT2D eigenvalue weighted by atomic mass is 9.90. The number of carbonyl (C=O) groups excluding carboxylic acids is 1. The first-order chi connectivity index (χ1) is 13.5. The number of methoxy groups -OCH3 is 1. The van der Waals surface area contributed by atoms with Crippen molar-refractivity contribution in [1.29, 1.82) is 0 Å². The predicted octanol–water partition coefficient (Wildman–Crippen LogP) is 4.35. The number of benzene rings is 2. The summed E-state index contributed by atoms with van der Waals surface area (Å²) >= 11 is 6.48. The Bertz CT molecular complexity index is 884. The first kappa shape index (κ1) is 19.2. The molecule has 0 saturated carbocycles. The van der Waals surface area contributed by atoms with Crippen molar-refractivity contribution in [3.63, 3.8) is 0 Å². The van der Waals surface area contributed by atoms with Crippen LogP contribution < -0.4 is 4.90 Å². The molecular formula is C21H21ClFNO4. The third kappa shape index (κ3) is 3.48. The van der Waals surface area contributed by atoms with Crippen LogP contribution in [0.2, 0.25) is 5.02 Å². The van der Waals surface area contributed by atoms with Crippen LogP contribution in [0, 0.1) is 5.82 Å². The molecule has 0 bridgehead atoms. The van der Waals surface area contributed by atoms with Crippen molar-refractivity contribution in [2.24, 2.45) is 0 Å². The molecule has 2 aliphatic heterocycles. The molecule has 0 N–H and O–H groups in total. The van der Waals surface area contributed by atoms with Gasteiger partial charge in [0.05, 0.1) is 31.9 Å². The van der Waals surface area contributed by atoms with Gasteiger partial charge in [0.1, 0.15) is 5.82 Å². The van der Waals surface area contributed by atoms with Gasteiger partial charge >= 0.3 is 5.97 Å². The minimum atomic E-state index is -0.697.